The van der Waals surface area contributed by atoms with Crippen molar-refractivity contribution in [3.05, 3.63) is 54.5 Å². The van der Waals surface area contributed by atoms with E-state index < -0.39 is 0 Å². The van der Waals surface area contributed by atoms with E-state index in [9.17, 15) is 9.59 Å². The zero-order valence-electron chi connectivity index (χ0n) is 13.4. The molecule has 2 aromatic rings. The number of carbonyl (C=O) groups excluding carboxylic acids is 2. The quantitative estimate of drug-likeness (QED) is 0.907. The Morgan fingerprint density at radius 3 is 2.75 bits per heavy atom. The van der Waals surface area contributed by atoms with Crippen LogP contribution in [0.2, 0.25) is 0 Å². The molecule has 1 atom stereocenters. The Balaban J connectivity index is 1.51. The van der Waals surface area contributed by atoms with Gasteiger partial charge in [0.1, 0.15) is 5.76 Å². The van der Waals surface area contributed by atoms with Crippen LogP contribution >= 0.6 is 0 Å². The second-order valence-corrected chi connectivity index (χ2v) is 5.88. The maximum atomic E-state index is 12.3. The van der Waals surface area contributed by atoms with Crippen molar-refractivity contribution in [3.8, 4) is 0 Å². The second-order valence-electron chi connectivity index (χ2n) is 5.88. The molecule has 126 valence electrons. The molecule has 2 heterocycles. The average molecular weight is 327 g/mol. The maximum Gasteiger partial charge on any atom is 0.321 e. The largest absolute Gasteiger partial charge is 0.467 e. The first kappa shape index (κ1) is 16.1. The minimum atomic E-state index is -0.185. The van der Waals surface area contributed by atoms with Crippen molar-refractivity contribution < 1.29 is 14.0 Å². The first-order valence-electron chi connectivity index (χ1n) is 8.13. The van der Waals surface area contributed by atoms with E-state index in [-0.39, 0.29) is 17.9 Å². The third-order valence-electron chi connectivity index (χ3n) is 4.12. The summed E-state index contributed by atoms with van der Waals surface area (Å²) >= 11 is 0. The van der Waals surface area contributed by atoms with Gasteiger partial charge >= 0.3 is 6.03 Å². The monoisotopic (exact) mass is 327 g/mol. The Bertz CT molecular complexity index is 670. The fourth-order valence-electron chi connectivity index (χ4n) is 2.83. The summed E-state index contributed by atoms with van der Waals surface area (Å²) in [6, 6.07) is 12.8. The van der Waals surface area contributed by atoms with Crippen LogP contribution in [0.5, 0.6) is 0 Å². The third-order valence-corrected chi connectivity index (χ3v) is 4.12. The highest BCUT2D eigenvalue weighted by molar-refractivity contribution is 5.90. The highest BCUT2D eigenvalue weighted by Gasteiger charge is 2.28. The minimum absolute atomic E-state index is 0.0383. The number of likely N-dealkylation sites (tertiary alicyclic amines) is 1. The van der Waals surface area contributed by atoms with E-state index in [1.54, 1.807) is 17.2 Å². The van der Waals surface area contributed by atoms with Crippen molar-refractivity contribution in [1.29, 1.82) is 0 Å². The van der Waals surface area contributed by atoms with Gasteiger partial charge in [-0.2, -0.15) is 0 Å². The fraction of sp³-hybridized carbons (Fsp3) is 0.333. The van der Waals surface area contributed by atoms with Gasteiger partial charge in [0.15, 0.2) is 0 Å². The van der Waals surface area contributed by atoms with E-state index in [1.807, 2.05) is 36.4 Å². The van der Waals surface area contributed by atoms with E-state index in [4.69, 9.17) is 4.42 Å². The predicted molar refractivity (Wildman–Crippen MR) is 90.3 cm³/mol. The standard InChI is InChI=1S/C18H21N3O3/c22-17(19-12-16-9-5-11-24-16)14-6-4-10-21(13-14)18(23)20-15-7-2-1-3-8-15/h1-3,5,7-9,11,14H,4,6,10,12-13H2,(H,19,22)(H,20,23)/t14-/m0/s1. The molecule has 3 rings (SSSR count). The van der Waals surface area contributed by atoms with Crippen LogP contribution in [0.15, 0.2) is 53.1 Å². The molecule has 0 bridgehead atoms. The molecular weight excluding hydrogens is 306 g/mol. The first-order valence-corrected chi connectivity index (χ1v) is 8.13. The SMILES string of the molecule is O=C(NCc1ccco1)[C@H]1CCCN(C(=O)Nc2ccccc2)C1. The van der Waals surface area contributed by atoms with Gasteiger partial charge in [0.25, 0.3) is 0 Å². The number of rotatable bonds is 4. The summed E-state index contributed by atoms with van der Waals surface area (Å²) in [7, 11) is 0. The van der Waals surface area contributed by atoms with Crippen molar-refractivity contribution in [3.63, 3.8) is 0 Å². The number of benzene rings is 1. The zero-order chi connectivity index (χ0) is 16.8. The molecule has 2 N–H and O–H groups in total. The van der Waals surface area contributed by atoms with Gasteiger partial charge in [0.05, 0.1) is 18.7 Å². The lowest BCUT2D eigenvalue weighted by molar-refractivity contribution is -0.126. The molecule has 6 heteroatoms. The molecule has 1 aliphatic heterocycles. The molecular formula is C18H21N3O3. The average Bonchev–Trinajstić information content (AvgIpc) is 3.14. The van der Waals surface area contributed by atoms with Crippen LogP contribution in [-0.4, -0.2) is 29.9 Å². The Hall–Kier alpha value is -2.76. The van der Waals surface area contributed by atoms with E-state index >= 15 is 0 Å². The lowest BCUT2D eigenvalue weighted by Crippen LogP contribution is -2.46. The molecule has 0 radical (unpaired) electrons. The number of carbonyl (C=O) groups is 2. The molecule has 0 spiro atoms. The van der Waals surface area contributed by atoms with Gasteiger partial charge in [0.2, 0.25) is 5.91 Å². The zero-order valence-corrected chi connectivity index (χ0v) is 13.4. The van der Waals surface area contributed by atoms with E-state index in [1.165, 1.54) is 0 Å². The molecule has 1 aromatic carbocycles. The van der Waals surface area contributed by atoms with Gasteiger partial charge in [-0.3, -0.25) is 4.79 Å². The van der Waals surface area contributed by atoms with Crippen molar-refractivity contribution in [1.82, 2.24) is 10.2 Å². The van der Waals surface area contributed by atoms with Crippen molar-refractivity contribution in [2.75, 3.05) is 18.4 Å². The number of piperidine rings is 1. The van der Waals surface area contributed by atoms with Crippen LogP contribution in [0.1, 0.15) is 18.6 Å². The van der Waals surface area contributed by atoms with Crippen LogP contribution in [0.25, 0.3) is 0 Å². The van der Waals surface area contributed by atoms with Gasteiger partial charge in [-0.1, -0.05) is 18.2 Å². The summed E-state index contributed by atoms with van der Waals surface area (Å²) in [5, 5.41) is 5.74. The Kier molecular flexibility index (Phi) is 5.15. The predicted octanol–water partition coefficient (Wildman–Crippen LogP) is 2.84. The van der Waals surface area contributed by atoms with Crippen molar-refractivity contribution in [2.24, 2.45) is 5.92 Å². The normalized spacial score (nSPS) is 17.3. The first-order chi connectivity index (χ1) is 11.7. The Labute approximate surface area is 140 Å². The molecule has 1 saturated heterocycles. The van der Waals surface area contributed by atoms with Crippen LogP contribution in [0, 0.1) is 5.92 Å². The number of amides is 3. The number of nitrogens with zero attached hydrogens (tertiary/aromatic N) is 1. The van der Waals surface area contributed by atoms with Crippen molar-refractivity contribution >= 4 is 17.6 Å². The van der Waals surface area contributed by atoms with Crippen LogP contribution in [-0.2, 0) is 11.3 Å². The highest BCUT2D eigenvalue weighted by atomic mass is 16.3. The summed E-state index contributed by atoms with van der Waals surface area (Å²) in [6.07, 6.45) is 3.19. The summed E-state index contributed by atoms with van der Waals surface area (Å²) in [5.41, 5.74) is 0.756. The van der Waals surface area contributed by atoms with Gasteiger partial charge in [-0.25, -0.2) is 4.79 Å². The van der Waals surface area contributed by atoms with Gasteiger partial charge in [-0.15, -0.1) is 0 Å². The number of nitrogens with one attached hydrogen (secondary N) is 2. The lowest BCUT2D eigenvalue weighted by Gasteiger charge is -2.32. The lowest BCUT2D eigenvalue weighted by atomic mass is 9.97. The van der Waals surface area contributed by atoms with Crippen molar-refractivity contribution in [2.45, 2.75) is 19.4 Å². The number of para-hydroxylation sites is 1. The molecule has 0 aliphatic carbocycles. The number of anilines is 1. The van der Waals surface area contributed by atoms with Gasteiger partial charge < -0.3 is 20.0 Å². The molecule has 1 aromatic heterocycles. The highest BCUT2D eigenvalue weighted by Crippen LogP contribution is 2.18. The Morgan fingerprint density at radius 2 is 2.00 bits per heavy atom. The molecule has 1 fully saturated rings. The molecule has 3 amide bonds. The second kappa shape index (κ2) is 7.68. The number of hydrogen-bond donors (Lipinski definition) is 2. The summed E-state index contributed by atoms with van der Waals surface area (Å²) in [5.74, 6) is 0.497. The topological polar surface area (TPSA) is 74.6 Å². The van der Waals surface area contributed by atoms with E-state index in [0.717, 1.165) is 24.3 Å². The van der Waals surface area contributed by atoms with E-state index in [2.05, 4.69) is 10.6 Å². The van der Waals surface area contributed by atoms with Crippen LogP contribution < -0.4 is 10.6 Å². The number of urea groups is 1. The fourth-order valence-corrected chi connectivity index (χ4v) is 2.83. The summed E-state index contributed by atoms with van der Waals surface area (Å²) in [4.78, 5) is 26.4. The number of hydrogen-bond acceptors (Lipinski definition) is 3. The summed E-state index contributed by atoms with van der Waals surface area (Å²) in [6.45, 7) is 1.47. The van der Waals surface area contributed by atoms with E-state index in [0.29, 0.717) is 19.6 Å². The maximum absolute atomic E-state index is 12.3. The molecule has 24 heavy (non-hydrogen) atoms. The summed E-state index contributed by atoms with van der Waals surface area (Å²) < 4.78 is 5.21. The van der Waals surface area contributed by atoms with Gasteiger partial charge in [-0.05, 0) is 37.1 Å². The third kappa shape index (κ3) is 4.16. The Morgan fingerprint density at radius 1 is 1.17 bits per heavy atom. The molecule has 1 aliphatic rings. The molecule has 0 saturated carbocycles. The number of furan rings is 1. The van der Waals surface area contributed by atoms with Crippen LogP contribution in [0.4, 0.5) is 10.5 Å². The molecule has 0 unspecified atom stereocenters. The molecule has 6 nitrogen and oxygen atoms in total. The minimum Gasteiger partial charge on any atom is -0.467 e. The van der Waals surface area contributed by atoms with Gasteiger partial charge in [0, 0.05) is 18.8 Å². The smallest absolute Gasteiger partial charge is 0.321 e. The van der Waals surface area contributed by atoms with Crippen LogP contribution in [0.3, 0.4) is 0 Å².